The lowest BCUT2D eigenvalue weighted by Crippen LogP contribution is -2.34. The van der Waals surface area contributed by atoms with Crippen molar-refractivity contribution in [1.29, 1.82) is 0 Å². The van der Waals surface area contributed by atoms with Gasteiger partial charge in [0.1, 0.15) is 5.75 Å². The van der Waals surface area contributed by atoms with Crippen molar-refractivity contribution in [3.63, 3.8) is 0 Å². The summed E-state index contributed by atoms with van der Waals surface area (Å²) in [5.74, 6) is 0.759. The van der Waals surface area contributed by atoms with Crippen LogP contribution in [0, 0.1) is 0 Å². The third-order valence-corrected chi connectivity index (χ3v) is 4.26. The molecule has 138 valence electrons. The molecule has 0 N–H and O–H groups in total. The third kappa shape index (κ3) is 5.92. The van der Waals surface area contributed by atoms with Gasteiger partial charge in [-0.25, -0.2) is 0 Å². The van der Waals surface area contributed by atoms with E-state index in [1.165, 1.54) is 6.92 Å². The highest BCUT2D eigenvalue weighted by Crippen LogP contribution is 2.13. The maximum atomic E-state index is 12.4. The fourth-order valence-electron chi connectivity index (χ4n) is 2.67. The molecule has 2 amide bonds. The summed E-state index contributed by atoms with van der Waals surface area (Å²) in [5.41, 5.74) is 2.09. The molecule has 5 nitrogen and oxygen atoms in total. The number of rotatable bonds is 8. The summed E-state index contributed by atoms with van der Waals surface area (Å²) in [4.78, 5) is 27.7. The van der Waals surface area contributed by atoms with E-state index >= 15 is 0 Å². The van der Waals surface area contributed by atoms with Gasteiger partial charge in [0, 0.05) is 40.0 Å². The molecule has 0 unspecified atom stereocenters. The number of methoxy groups -OCH3 is 1. The molecular weight excluding hydrogens is 328 g/mol. The van der Waals surface area contributed by atoms with Crippen molar-refractivity contribution in [1.82, 2.24) is 9.80 Å². The van der Waals surface area contributed by atoms with Crippen LogP contribution in [0.1, 0.15) is 24.5 Å². The molecule has 0 aromatic heterocycles. The number of carbonyl (C=O) groups is 2. The standard InChI is InChI=1S/C21H26N2O3/c1-17(24)23(16-19-9-11-20(26-3)12-10-19)14-13-21(25)22(2)15-18-7-5-4-6-8-18/h4-12H,13-16H2,1-3H3. The van der Waals surface area contributed by atoms with E-state index in [0.29, 0.717) is 26.1 Å². The summed E-state index contributed by atoms with van der Waals surface area (Å²) in [6.07, 6.45) is 0.305. The molecule has 0 saturated heterocycles. The summed E-state index contributed by atoms with van der Waals surface area (Å²) in [6.45, 7) is 2.98. The summed E-state index contributed by atoms with van der Waals surface area (Å²) in [5, 5.41) is 0. The van der Waals surface area contributed by atoms with E-state index in [2.05, 4.69) is 0 Å². The highest BCUT2D eigenvalue weighted by Gasteiger charge is 2.14. The van der Waals surface area contributed by atoms with Gasteiger partial charge in [-0.2, -0.15) is 0 Å². The van der Waals surface area contributed by atoms with Crippen LogP contribution >= 0.6 is 0 Å². The van der Waals surface area contributed by atoms with Crippen LogP contribution in [0.25, 0.3) is 0 Å². The van der Waals surface area contributed by atoms with Crippen molar-refractivity contribution in [2.24, 2.45) is 0 Å². The number of ether oxygens (including phenoxy) is 1. The zero-order chi connectivity index (χ0) is 18.9. The Kier molecular flexibility index (Phi) is 7.21. The van der Waals surface area contributed by atoms with Crippen LogP contribution in [0.2, 0.25) is 0 Å². The first kappa shape index (κ1) is 19.5. The molecule has 0 atom stereocenters. The molecule has 0 aliphatic carbocycles. The minimum Gasteiger partial charge on any atom is -0.497 e. The lowest BCUT2D eigenvalue weighted by Gasteiger charge is -2.23. The van der Waals surface area contributed by atoms with E-state index in [0.717, 1.165) is 16.9 Å². The Hall–Kier alpha value is -2.82. The largest absolute Gasteiger partial charge is 0.497 e. The maximum Gasteiger partial charge on any atom is 0.224 e. The average molecular weight is 354 g/mol. The maximum absolute atomic E-state index is 12.4. The van der Waals surface area contributed by atoms with Crippen LogP contribution in [0.4, 0.5) is 0 Å². The predicted octanol–water partition coefficient (Wildman–Crippen LogP) is 3.09. The number of carbonyl (C=O) groups excluding carboxylic acids is 2. The first-order chi connectivity index (χ1) is 12.5. The normalized spacial score (nSPS) is 10.3. The van der Waals surface area contributed by atoms with Gasteiger partial charge in [0.05, 0.1) is 7.11 Å². The minimum atomic E-state index is -0.0423. The molecule has 0 heterocycles. The van der Waals surface area contributed by atoms with E-state index in [-0.39, 0.29) is 11.8 Å². The number of nitrogens with zero attached hydrogens (tertiary/aromatic N) is 2. The van der Waals surface area contributed by atoms with Crippen molar-refractivity contribution < 1.29 is 14.3 Å². The van der Waals surface area contributed by atoms with Crippen molar-refractivity contribution in [2.45, 2.75) is 26.4 Å². The van der Waals surface area contributed by atoms with Gasteiger partial charge in [-0.3, -0.25) is 9.59 Å². The third-order valence-electron chi connectivity index (χ3n) is 4.26. The van der Waals surface area contributed by atoms with Crippen LogP contribution in [0.15, 0.2) is 54.6 Å². The van der Waals surface area contributed by atoms with Gasteiger partial charge in [-0.1, -0.05) is 42.5 Å². The van der Waals surface area contributed by atoms with E-state index in [9.17, 15) is 9.59 Å². The second-order valence-electron chi connectivity index (χ2n) is 6.27. The Morgan fingerprint density at radius 1 is 0.923 bits per heavy atom. The van der Waals surface area contributed by atoms with E-state index in [1.54, 1.807) is 24.0 Å². The zero-order valence-corrected chi connectivity index (χ0v) is 15.6. The number of amides is 2. The van der Waals surface area contributed by atoms with Crippen molar-refractivity contribution in [3.8, 4) is 5.75 Å². The second kappa shape index (κ2) is 9.61. The lowest BCUT2D eigenvalue weighted by molar-refractivity contribution is -0.133. The van der Waals surface area contributed by atoms with Crippen LogP contribution < -0.4 is 4.74 Å². The molecule has 0 aliphatic rings. The molecule has 0 aliphatic heterocycles. The van der Waals surface area contributed by atoms with Gasteiger partial charge in [-0.05, 0) is 23.3 Å². The van der Waals surface area contributed by atoms with E-state index in [1.807, 2.05) is 54.6 Å². The summed E-state index contributed by atoms with van der Waals surface area (Å²) in [7, 11) is 3.41. The molecule has 2 aromatic carbocycles. The molecule has 0 fully saturated rings. The monoisotopic (exact) mass is 354 g/mol. The highest BCUT2D eigenvalue weighted by molar-refractivity contribution is 5.78. The van der Waals surface area contributed by atoms with E-state index in [4.69, 9.17) is 4.74 Å². The van der Waals surface area contributed by atoms with Gasteiger partial charge in [0.2, 0.25) is 11.8 Å². The Balaban J connectivity index is 1.88. The Morgan fingerprint density at radius 3 is 2.12 bits per heavy atom. The molecule has 2 aromatic rings. The quantitative estimate of drug-likeness (QED) is 0.732. The van der Waals surface area contributed by atoms with Gasteiger partial charge < -0.3 is 14.5 Å². The number of hydrogen-bond acceptors (Lipinski definition) is 3. The van der Waals surface area contributed by atoms with Crippen LogP contribution in [-0.4, -0.2) is 42.3 Å². The first-order valence-electron chi connectivity index (χ1n) is 8.66. The zero-order valence-electron chi connectivity index (χ0n) is 15.6. The molecular formula is C21H26N2O3. The minimum absolute atomic E-state index is 0.0230. The van der Waals surface area contributed by atoms with Crippen molar-refractivity contribution >= 4 is 11.8 Å². The topological polar surface area (TPSA) is 49.9 Å². The summed E-state index contributed by atoms with van der Waals surface area (Å²) >= 11 is 0. The molecule has 2 rings (SSSR count). The predicted molar refractivity (Wildman–Crippen MR) is 102 cm³/mol. The smallest absolute Gasteiger partial charge is 0.224 e. The molecule has 0 spiro atoms. The average Bonchev–Trinajstić information content (AvgIpc) is 2.65. The number of benzene rings is 2. The fraction of sp³-hybridized carbons (Fsp3) is 0.333. The lowest BCUT2D eigenvalue weighted by atomic mass is 10.2. The number of hydrogen-bond donors (Lipinski definition) is 0. The van der Waals surface area contributed by atoms with Crippen molar-refractivity contribution in [3.05, 3.63) is 65.7 Å². The van der Waals surface area contributed by atoms with Gasteiger partial charge >= 0.3 is 0 Å². The van der Waals surface area contributed by atoms with Crippen LogP contribution in [0.3, 0.4) is 0 Å². The SMILES string of the molecule is COc1ccc(CN(CCC(=O)N(C)Cc2ccccc2)C(C)=O)cc1. The molecule has 26 heavy (non-hydrogen) atoms. The second-order valence-corrected chi connectivity index (χ2v) is 6.27. The van der Waals surface area contributed by atoms with Crippen molar-refractivity contribution in [2.75, 3.05) is 20.7 Å². The fourth-order valence-corrected chi connectivity index (χ4v) is 2.67. The first-order valence-corrected chi connectivity index (χ1v) is 8.66. The molecule has 0 bridgehead atoms. The molecule has 0 radical (unpaired) electrons. The Bertz CT molecular complexity index is 714. The van der Waals surface area contributed by atoms with Gasteiger partial charge in [0.25, 0.3) is 0 Å². The Labute approximate surface area is 155 Å². The van der Waals surface area contributed by atoms with Crippen LogP contribution in [-0.2, 0) is 22.7 Å². The van der Waals surface area contributed by atoms with Gasteiger partial charge in [-0.15, -0.1) is 0 Å². The van der Waals surface area contributed by atoms with Gasteiger partial charge in [0.15, 0.2) is 0 Å². The van der Waals surface area contributed by atoms with Crippen LogP contribution in [0.5, 0.6) is 5.75 Å². The molecule has 0 saturated carbocycles. The molecule has 5 heteroatoms. The Morgan fingerprint density at radius 2 is 1.54 bits per heavy atom. The highest BCUT2D eigenvalue weighted by atomic mass is 16.5. The summed E-state index contributed by atoms with van der Waals surface area (Å²) < 4.78 is 5.15. The van der Waals surface area contributed by atoms with E-state index < -0.39 is 0 Å². The summed E-state index contributed by atoms with van der Waals surface area (Å²) in [6, 6.07) is 17.5.